The highest BCUT2D eigenvalue weighted by Gasteiger charge is 2.39. The second kappa shape index (κ2) is 13.7. The molecular weight excluding hydrogens is 481 g/mol. The molecule has 2 aromatic carbocycles. The number of unbranched alkanes of at least 4 members (excludes halogenated alkanes) is 2. The molecule has 31 heavy (non-hydrogen) atoms. The van der Waals surface area contributed by atoms with Crippen LogP contribution in [-0.4, -0.2) is 19.3 Å². The summed E-state index contributed by atoms with van der Waals surface area (Å²) in [6.07, 6.45) is 2.59. The molecule has 1 N–H and O–H groups in total. The Hall–Kier alpha value is -1.66. The van der Waals surface area contributed by atoms with Crippen LogP contribution in [0.1, 0.15) is 56.4 Å². The summed E-state index contributed by atoms with van der Waals surface area (Å²) in [7, 11) is -3.70. The Balaban J connectivity index is 2.22. The third-order valence-electron chi connectivity index (χ3n) is 4.51. The van der Waals surface area contributed by atoms with Crippen molar-refractivity contribution in [2.24, 2.45) is 0 Å². The Labute approximate surface area is 193 Å². The molecule has 0 spiro atoms. The van der Waals surface area contributed by atoms with Gasteiger partial charge in [0.1, 0.15) is 6.61 Å². The molecule has 8 heteroatoms. The molecule has 1 unspecified atom stereocenters. The minimum absolute atomic E-state index is 0.109. The first kappa shape index (κ1) is 25.6. The van der Waals surface area contributed by atoms with Crippen LogP contribution in [-0.2, 0) is 25.0 Å². The fourth-order valence-electron chi connectivity index (χ4n) is 2.73. The lowest BCUT2D eigenvalue weighted by molar-refractivity contribution is 0.133. The number of halogens is 1. The average Bonchev–Trinajstić information content (AvgIpc) is 2.78. The van der Waals surface area contributed by atoms with E-state index in [2.05, 4.69) is 21.2 Å². The zero-order valence-corrected chi connectivity index (χ0v) is 20.6. The van der Waals surface area contributed by atoms with E-state index < -0.39 is 19.5 Å². The van der Waals surface area contributed by atoms with Crippen molar-refractivity contribution in [1.29, 1.82) is 0 Å². The van der Waals surface area contributed by atoms with E-state index in [1.807, 2.05) is 56.3 Å². The highest BCUT2D eigenvalue weighted by atomic mass is 79.9. The van der Waals surface area contributed by atoms with E-state index in [-0.39, 0.29) is 19.8 Å². The number of hydrogen-bond acceptors (Lipinski definition) is 5. The monoisotopic (exact) mass is 511 g/mol. The summed E-state index contributed by atoms with van der Waals surface area (Å²) in [6.45, 7) is 4.73. The summed E-state index contributed by atoms with van der Waals surface area (Å²) in [5.74, 6) is -0.974. The van der Waals surface area contributed by atoms with E-state index in [1.54, 1.807) is 12.1 Å². The minimum atomic E-state index is -3.70. The van der Waals surface area contributed by atoms with Crippen molar-refractivity contribution in [2.75, 3.05) is 13.2 Å². The Morgan fingerprint density at radius 3 is 2.10 bits per heavy atom. The number of carbonyl (C=O) groups excluding carboxylic acids is 1. The van der Waals surface area contributed by atoms with E-state index >= 15 is 0 Å². The predicted octanol–water partition coefficient (Wildman–Crippen LogP) is 7.20. The van der Waals surface area contributed by atoms with Gasteiger partial charge in [0, 0.05) is 4.47 Å². The van der Waals surface area contributed by atoms with Crippen molar-refractivity contribution < 1.29 is 23.1 Å². The largest absolute Gasteiger partial charge is 0.445 e. The maximum atomic E-state index is 13.8. The Morgan fingerprint density at radius 2 is 1.55 bits per heavy atom. The van der Waals surface area contributed by atoms with E-state index in [1.165, 1.54) is 0 Å². The lowest BCUT2D eigenvalue weighted by atomic mass is 10.2. The van der Waals surface area contributed by atoms with Crippen LogP contribution in [0.5, 0.6) is 0 Å². The SMILES string of the molecule is CCCCOP(=O)(OCCCC)C(NC(=O)OCc1ccccc1)c1ccc(Br)cc1. The Morgan fingerprint density at radius 1 is 0.968 bits per heavy atom. The standard InChI is InChI=1S/C23H31BrNO5P/c1-3-5-16-29-31(27,30-17-6-4-2)22(20-12-14-21(24)15-13-20)25-23(26)28-18-19-10-8-7-9-11-19/h7-15,22H,3-6,16-18H2,1-2H3,(H,25,26). The van der Waals surface area contributed by atoms with Crippen molar-refractivity contribution >= 4 is 29.6 Å². The summed E-state index contributed by atoms with van der Waals surface area (Å²) >= 11 is 3.41. The van der Waals surface area contributed by atoms with Gasteiger partial charge in [-0.05, 0) is 36.1 Å². The number of alkyl carbamates (subject to hydrolysis) is 1. The molecule has 0 heterocycles. The van der Waals surface area contributed by atoms with Gasteiger partial charge in [0.2, 0.25) is 0 Å². The number of carbonyl (C=O) groups is 1. The van der Waals surface area contributed by atoms with Gasteiger partial charge in [-0.15, -0.1) is 0 Å². The van der Waals surface area contributed by atoms with E-state index in [4.69, 9.17) is 13.8 Å². The summed E-state index contributed by atoms with van der Waals surface area (Å²) in [5.41, 5.74) is 1.48. The topological polar surface area (TPSA) is 73.9 Å². The van der Waals surface area contributed by atoms with Gasteiger partial charge in [-0.25, -0.2) is 4.79 Å². The van der Waals surface area contributed by atoms with Crippen LogP contribution >= 0.6 is 23.5 Å². The number of rotatable bonds is 13. The summed E-state index contributed by atoms with van der Waals surface area (Å²) in [6, 6.07) is 16.6. The summed E-state index contributed by atoms with van der Waals surface area (Å²) in [4.78, 5) is 12.6. The lowest BCUT2D eigenvalue weighted by Gasteiger charge is -2.28. The third kappa shape index (κ3) is 8.77. The molecule has 0 saturated heterocycles. The highest BCUT2D eigenvalue weighted by Crippen LogP contribution is 2.60. The van der Waals surface area contributed by atoms with E-state index in [0.29, 0.717) is 5.56 Å². The second-order valence-corrected chi connectivity index (χ2v) is 10.1. The molecule has 2 aromatic rings. The molecule has 0 aliphatic heterocycles. The first-order chi connectivity index (χ1) is 15.0. The number of benzene rings is 2. The third-order valence-corrected chi connectivity index (χ3v) is 7.18. The molecular formula is C23H31BrNO5P. The molecule has 0 radical (unpaired) electrons. The van der Waals surface area contributed by atoms with Crippen molar-refractivity contribution in [2.45, 2.75) is 51.9 Å². The van der Waals surface area contributed by atoms with E-state index in [9.17, 15) is 9.36 Å². The van der Waals surface area contributed by atoms with Crippen LogP contribution in [0, 0.1) is 0 Å². The Bertz CT molecular complexity index is 818. The smallest absolute Gasteiger partial charge is 0.408 e. The van der Waals surface area contributed by atoms with E-state index in [0.717, 1.165) is 35.7 Å². The van der Waals surface area contributed by atoms with Gasteiger partial charge in [-0.1, -0.05) is 85.1 Å². The molecule has 170 valence electrons. The van der Waals surface area contributed by atoms with Crippen LogP contribution in [0.4, 0.5) is 4.79 Å². The molecule has 0 saturated carbocycles. The molecule has 1 amide bonds. The van der Waals surface area contributed by atoms with Gasteiger partial charge < -0.3 is 19.1 Å². The van der Waals surface area contributed by atoms with Gasteiger partial charge in [-0.2, -0.15) is 0 Å². The van der Waals surface area contributed by atoms with Gasteiger partial charge >= 0.3 is 13.7 Å². The fourth-order valence-corrected chi connectivity index (χ4v) is 4.93. The zero-order chi connectivity index (χ0) is 22.5. The quantitative estimate of drug-likeness (QED) is 0.227. The average molecular weight is 512 g/mol. The van der Waals surface area contributed by atoms with Crippen LogP contribution in [0.3, 0.4) is 0 Å². The Kier molecular flexibility index (Phi) is 11.3. The molecule has 0 bridgehead atoms. The summed E-state index contributed by atoms with van der Waals surface area (Å²) < 4.78 is 31.6. The molecule has 6 nitrogen and oxygen atoms in total. The number of amides is 1. The molecule has 0 fully saturated rings. The van der Waals surface area contributed by atoms with Crippen molar-refractivity contribution in [3.63, 3.8) is 0 Å². The summed E-state index contributed by atoms with van der Waals surface area (Å²) in [5, 5.41) is 2.73. The normalized spacial score (nSPS) is 12.4. The predicted molar refractivity (Wildman–Crippen MR) is 126 cm³/mol. The van der Waals surface area contributed by atoms with Gasteiger partial charge in [-0.3, -0.25) is 4.57 Å². The highest BCUT2D eigenvalue weighted by molar-refractivity contribution is 9.10. The zero-order valence-electron chi connectivity index (χ0n) is 18.1. The van der Waals surface area contributed by atoms with Gasteiger partial charge in [0.15, 0.2) is 5.78 Å². The maximum Gasteiger partial charge on any atom is 0.408 e. The molecule has 2 rings (SSSR count). The van der Waals surface area contributed by atoms with Gasteiger partial charge in [0.05, 0.1) is 13.2 Å². The first-order valence-electron chi connectivity index (χ1n) is 10.6. The van der Waals surface area contributed by atoms with Crippen LogP contribution in [0.25, 0.3) is 0 Å². The van der Waals surface area contributed by atoms with Crippen LogP contribution in [0.2, 0.25) is 0 Å². The van der Waals surface area contributed by atoms with Crippen LogP contribution < -0.4 is 5.32 Å². The molecule has 0 aliphatic carbocycles. The maximum absolute atomic E-state index is 13.8. The molecule has 0 aromatic heterocycles. The number of hydrogen-bond donors (Lipinski definition) is 1. The minimum Gasteiger partial charge on any atom is -0.445 e. The fraction of sp³-hybridized carbons (Fsp3) is 0.435. The lowest BCUT2D eigenvalue weighted by Crippen LogP contribution is -2.30. The van der Waals surface area contributed by atoms with Crippen molar-refractivity contribution in [3.05, 3.63) is 70.2 Å². The molecule has 0 aliphatic rings. The molecule has 1 atom stereocenters. The number of nitrogens with one attached hydrogen (secondary N) is 1. The van der Waals surface area contributed by atoms with Crippen molar-refractivity contribution in [1.82, 2.24) is 5.32 Å². The first-order valence-corrected chi connectivity index (χ1v) is 13.0. The second-order valence-electron chi connectivity index (χ2n) is 7.07. The number of ether oxygens (including phenoxy) is 1. The van der Waals surface area contributed by atoms with Crippen LogP contribution in [0.15, 0.2) is 59.1 Å². The van der Waals surface area contributed by atoms with Crippen molar-refractivity contribution in [3.8, 4) is 0 Å². The van der Waals surface area contributed by atoms with Gasteiger partial charge in [0.25, 0.3) is 0 Å².